The standard InChI is InChI=1S/C23H23BrN6O4/c1-33-19-10-13-7-8-30(23(32)34-2)12-14(13)9-18(19)28-22-26-11-15(20(25)31)21(29-22)27-17-6-4-3-5-16(17)24/h3-6,9-11H,7-8,12H2,1-2H3,(H2,25,31)(H2,26,27,28,29). The van der Waals surface area contributed by atoms with E-state index in [0.29, 0.717) is 36.6 Å². The molecule has 2 amide bonds. The first-order valence-electron chi connectivity index (χ1n) is 10.4. The van der Waals surface area contributed by atoms with Gasteiger partial charge >= 0.3 is 6.09 Å². The highest BCUT2D eigenvalue weighted by Crippen LogP contribution is 2.34. The minimum atomic E-state index is -0.657. The fraction of sp³-hybridized carbons (Fsp3) is 0.217. The lowest BCUT2D eigenvalue weighted by Crippen LogP contribution is -2.35. The molecule has 176 valence electrons. The van der Waals surface area contributed by atoms with Crippen LogP contribution in [0.15, 0.2) is 47.1 Å². The monoisotopic (exact) mass is 526 g/mol. The molecule has 0 spiro atoms. The first kappa shape index (κ1) is 23.3. The van der Waals surface area contributed by atoms with Crippen molar-refractivity contribution in [1.29, 1.82) is 0 Å². The van der Waals surface area contributed by atoms with E-state index < -0.39 is 5.91 Å². The molecule has 4 N–H and O–H groups in total. The predicted molar refractivity (Wildman–Crippen MR) is 131 cm³/mol. The Morgan fingerprint density at radius 3 is 2.62 bits per heavy atom. The van der Waals surface area contributed by atoms with E-state index >= 15 is 0 Å². The van der Waals surface area contributed by atoms with E-state index in [-0.39, 0.29) is 23.4 Å². The number of primary amides is 1. The lowest BCUT2D eigenvalue weighted by atomic mass is 9.98. The van der Waals surface area contributed by atoms with E-state index in [1.54, 1.807) is 12.0 Å². The van der Waals surface area contributed by atoms with Gasteiger partial charge in [-0.15, -0.1) is 0 Å². The number of anilines is 4. The first-order valence-corrected chi connectivity index (χ1v) is 11.2. The van der Waals surface area contributed by atoms with Gasteiger partial charge < -0.3 is 30.7 Å². The number of methoxy groups -OCH3 is 2. The first-order chi connectivity index (χ1) is 16.4. The maximum atomic E-state index is 12.0. The van der Waals surface area contributed by atoms with Crippen molar-refractivity contribution in [2.24, 2.45) is 5.73 Å². The number of carbonyl (C=O) groups is 2. The summed E-state index contributed by atoms with van der Waals surface area (Å²) in [6.07, 6.45) is 1.68. The van der Waals surface area contributed by atoms with E-state index in [4.69, 9.17) is 15.2 Å². The highest BCUT2D eigenvalue weighted by atomic mass is 79.9. The Hall–Kier alpha value is -3.86. The van der Waals surface area contributed by atoms with Crippen LogP contribution in [0.3, 0.4) is 0 Å². The van der Waals surface area contributed by atoms with Crippen LogP contribution in [0.4, 0.5) is 27.9 Å². The van der Waals surface area contributed by atoms with Crippen LogP contribution in [-0.4, -0.2) is 47.6 Å². The number of nitrogens with zero attached hydrogens (tertiary/aromatic N) is 3. The third kappa shape index (κ3) is 4.88. The second kappa shape index (κ2) is 9.96. The largest absolute Gasteiger partial charge is 0.495 e. The molecule has 1 aliphatic rings. The topological polar surface area (TPSA) is 132 Å². The van der Waals surface area contributed by atoms with Crippen molar-refractivity contribution in [3.05, 3.63) is 63.8 Å². The van der Waals surface area contributed by atoms with Crippen LogP contribution in [-0.2, 0) is 17.7 Å². The zero-order chi connectivity index (χ0) is 24.2. The normalized spacial score (nSPS) is 12.5. The maximum absolute atomic E-state index is 12.0. The van der Waals surface area contributed by atoms with Crippen LogP contribution < -0.4 is 21.1 Å². The molecular formula is C23H23BrN6O4. The van der Waals surface area contributed by atoms with Gasteiger partial charge in [-0.2, -0.15) is 4.98 Å². The number of hydrogen-bond donors (Lipinski definition) is 3. The fourth-order valence-electron chi connectivity index (χ4n) is 3.67. The fourth-order valence-corrected chi connectivity index (χ4v) is 4.05. The Kier molecular flexibility index (Phi) is 6.82. The number of nitrogens with one attached hydrogen (secondary N) is 2. The average molecular weight is 527 g/mol. The minimum absolute atomic E-state index is 0.146. The van der Waals surface area contributed by atoms with Gasteiger partial charge in [0.05, 0.1) is 25.6 Å². The van der Waals surface area contributed by atoms with Gasteiger partial charge in [-0.25, -0.2) is 9.78 Å². The summed E-state index contributed by atoms with van der Waals surface area (Å²) in [6, 6.07) is 11.3. The quantitative estimate of drug-likeness (QED) is 0.439. The number of carbonyl (C=O) groups excluding carboxylic acids is 2. The van der Waals surface area contributed by atoms with Crippen molar-refractivity contribution in [3.8, 4) is 5.75 Å². The van der Waals surface area contributed by atoms with E-state index in [1.807, 2.05) is 36.4 Å². The van der Waals surface area contributed by atoms with Crippen LogP contribution in [0.2, 0.25) is 0 Å². The van der Waals surface area contributed by atoms with Gasteiger partial charge in [0.25, 0.3) is 5.91 Å². The summed E-state index contributed by atoms with van der Waals surface area (Å²) in [5.74, 6) is 0.438. The van der Waals surface area contributed by atoms with Crippen molar-refractivity contribution in [1.82, 2.24) is 14.9 Å². The third-order valence-corrected chi connectivity index (χ3v) is 6.09. The molecule has 2 heterocycles. The van der Waals surface area contributed by atoms with E-state index in [0.717, 1.165) is 15.6 Å². The number of fused-ring (bicyclic) bond motifs is 1. The number of amides is 2. The van der Waals surface area contributed by atoms with Crippen LogP contribution in [0.5, 0.6) is 5.75 Å². The number of hydrogen-bond acceptors (Lipinski definition) is 8. The summed E-state index contributed by atoms with van der Waals surface area (Å²) in [5, 5.41) is 6.28. The lowest BCUT2D eigenvalue weighted by Gasteiger charge is -2.28. The number of nitrogens with two attached hydrogens (primary N) is 1. The van der Waals surface area contributed by atoms with Crippen molar-refractivity contribution in [2.75, 3.05) is 31.4 Å². The molecule has 0 atom stereocenters. The molecule has 1 aliphatic heterocycles. The molecule has 2 aromatic carbocycles. The highest BCUT2D eigenvalue weighted by Gasteiger charge is 2.23. The van der Waals surface area contributed by atoms with Crippen LogP contribution in [0, 0.1) is 0 Å². The molecule has 34 heavy (non-hydrogen) atoms. The van der Waals surface area contributed by atoms with Crippen molar-refractivity contribution in [3.63, 3.8) is 0 Å². The lowest BCUT2D eigenvalue weighted by molar-refractivity contribution is 0.1000. The number of ether oxygens (including phenoxy) is 2. The van der Waals surface area contributed by atoms with Crippen molar-refractivity contribution in [2.45, 2.75) is 13.0 Å². The van der Waals surface area contributed by atoms with Crippen LogP contribution >= 0.6 is 15.9 Å². The molecule has 0 radical (unpaired) electrons. The Morgan fingerprint density at radius 1 is 1.12 bits per heavy atom. The Labute approximate surface area is 204 Å². The molecule has 11 heteroatoms. The molecule has 0 saturated carbocycles. The zero-order valence-corrected chi connectivity index (χ0v) is 20.2. The number of halogens is 1. The minimum Gasteiger partial charge on any atom is -0.495 e. The van der Waals surface area contributed by atoms with E-state index in [9.17, 15) is 9.59 Å². The average Bonchev–Trinajstić information content (AvgIpc) is 2.84. The Balaban J connectivity index is 1.66. The van der Waals surface area contributed by atoms with Crippen LogP contribution in [0.25, 0.3) is 0 Å². The Bertz CT molecular complexity index is 1250. The molecule has 0 bridgehead atoms. The number of aromatic nitrogens is 2. The summed E-state index contributed by atoms with van der Waals surface area (Å²) in [6.45, 7) is 0.981. The molecule has 4 rings (SSSR count). The molecule has 0 unspecified atom stereocenters. The second-order valence-corrected chi connectivity index (χ2v) is 8.37. The van der Waals surface area contributed by atoms with Gasteiger partial charge in [-0.3, -0.25) is 4.79 Å². The smallest absolute Gasteiger partial charge is 0.409 e. The summed E-state index contributed by atoms with van der Waals surface area (Å²) in [7, 11) is 2.94. The summed E-state index contributed by atoms with van der Waals surface area (Å²) < 4.78 is 11.2. The van der Waals surface area contributed by atoms with Gasteiger partial charge in [0, 0.05) is 23.8 Å². The van der Waals surface area contributed by atoms with Gasteiger partial charge in [0.15, 0.2) is 0 Å². The van der Waals surface area contributed by atoms with E-state index in [2.05, 4.69) is 36.5 Å². The highest BCUT2D eigenvalue weighted by molar-refractivity contribution is 9.10. The summed E-state index contributed by atoms with van der Waals surface area (Å²) >= 11 is 3.47. The predicted octanol–water partition coefficient (Wildman–Crippen LogP) is 3.96. The molecule has 0 saturated heterocycles. The maximum Gasteiger partial charge on any atom is 0.409 e. The van der Waals surface area contributed by atoms with E-state index in [1.165, 1.54) is 13.3 Å². The van der Waals surface area contributed by atoms with Crippen LogP contribution in [0.1, 0.15) is 21.5 Å². The second-order valence-electron chi connectivity index (χ2n) is 7.51. The van der Waals surface area contributed by atoms with Gasteiger partial charge in [-0.05, 0) is 57.7 Å². The summed E-state index contributed by atoms with van der Waals surface area (Å²) in [5.41, 5.74) is 9.05. The van der Waals surface area contributed by atoms with Crippen molar-refractivity contribution < 1.29 is 19.1 Å². The third-order valence-electron chi connectivity index (χ3n) is 5.39. The molecule has 10 nitrogen and oxygen atoms in total. The zero-order valence-electron chi connectivity index (χ0n) is 18.6. The number of rotatable bonds is 6. The molecule has 0 aliphatic carbocycles. The van der Waals surface area contributed by atoms with Crippen molar-refractivity contribution >= 4 is 51.1 Å². The SMILES string of the molecule is COC(=O)N1CCc2cc(OC)c(Nc3ncc(C(N)=O)c(Nc4ccccc4Br)n3)cc2C1. The molecule has 1 aromatic heterocycles. The summed E-state index contributed by atoms with van der Waals surface area (Å²) in [4.78, 5) is 34.3. The Morgan fingerprint density at radius 2 is 1.91 bits per heavy atom. The van der Waals surface area contributed by atoms with Gasteiger partial charge in [0.1, 0.15) is 17.1 Å². The number of benzene rings is 2. The van der Waals surface area contributed by atoms with Gasteiger partial charge in [-0.1, -0.05) is 12.1 Å². The molecular weight excluding hydrogens is 504 g/mol. The molecule has 3 aromatic rings. The molecule has 0 fully saturated rings. The number of para-hydroxylation sites is 1. The van der Waals surface area contributed by atoms with Gasteiger partial charge in [0.2, 0.25) is 5.95 Å².